The predicted octanol–water partition coefficient (Wildman–Crippen LogP) is 4.57. The largest absolute Gasteiger partial charge is 0.497 e. The molecule has 0 aliphatic rings. The van der Waals surface area contributed by atoms with E-state index >= 15 is 0 Å². The summed E-state index contributed by atoms with van der Waals surface area (Å²) in [5.74, 6) is 1.19. The van der Waals surface area contributed by atoms with Gasteiger partial charge in [-0.25, -0.2) is 9.97 Å². The lowest BCUT2D eigenvalue weighted by Crippen LogP contribution is -2.15. The third-order valence-electron chi connectivity index (χ3n) is 4.62. The van der Waals surface area contributed by atoms with Gasteiger partial charge in [0.1, 0.15) is 11.5 Å². The van der Waals surface area contributed by atoms with Crippen LogP contribution in [0.3, 0.4) is 0 Å². The van der Waals surface area contributed by atoms with E-state index in [1.165, 1.54) is 0 Å². The lowest BCUT2D eigenvalue weighted by atomic mass is 9.97. The van der Waals surface area contributed by atoms with Gasteiger partial charge < -0.3 is 9.47 Å². The number of ether oxygens (including phenoxy) is 2. The Labute approximate surface area is 168 Å². The first-order chi connectivity index (χ1) is 14.2. The van der Waals surface area contributed by atoms with Crippen LogP contribution in [0.4, 0.5) is 5.95 Å². The molecule has 1 aromatic heterocycles. The molecule has 6 heteroatoms. The number of hydrogen-bond donors (Lipinski definition) is 1. The summed E-state index contributed by atoms with van der Waals surface area (Å²) < 4.78 is 10.8. The number of amides is 1. The van der Waals surface area contributed by atoms with Gasteiger partial charge in [-0.15, -0.1) is 0 Å². The Morgan fingerprint density at radius 1 is 0.862 bits per heavy atom. The monoisotopic (exact) mass is 385 g/mol. The lowest BCUT2D eigenvalue weighted by Gasteiger charge is -2.13. The van der Waals surface area contributed by atoms with E-state index in [4.69, 9.17) is 9.47 Å². The van der Waals surface area contributed by atoms with E-state index in [9.17, 15) is 4.79 Å². The minimum absolute atomic E-state index is 0.240. The fourth-order valence-corrected chi connectivity index (χ4v) is 3.22. The molecule has 0 spiro atoms. The Bertz CT molecular complexity index is 1180. The summed E-state index contributed by atoms with van der Waals surface area (Å²) in [6.07, 6.45) is 3.15. The first-order valence-corrected chi connectivity index (χ1v) is 9.03. The van der Waals surface area contributed by atoms with Crippen LogP contribution in [0.25, 0.3) is 21.9 Å². The highest BCUT2D eigenvalue weighted by atomic mass is 16.5. The molecule has 1 amide bonds. The molecule has 0 atom stereocenters. The van der Waals surface area contributed by atoms with E-state index in [1.807, 2.05) is 48.5 Å². The molecule has 0 unspecified atom stereocenters. The minimum Gasteiger partial charge on any atom is -0.497 e. The van der Waals surface area contributed by atoms with Gasteiger partial charge in [0.15, 0.2) is 0 Å². The lowest BCUT2D eigenvalue weighted by molar-refractivity contribution is 0.102. The number of aromatic nitrogens is 2. The van der Waals surface area contributed by atoms with E-state index in [2.05, 4.69) is 15.3 Å². The van der Waals surface area contributed by atoms with Crippen LogP contribution in [0.5, 0.6) is 11.5 Å². The van der Waals surface area contributed by atoms with Crippen LogP contribution in [0.15, 0.2) is 73.1 Å². The van der Waals surface area contributed by atoms with Crippen molar-refractivity contribution in [1.82, 2.24) is 9.97 Å². The second-order valence-electron chi connectivity index (χ2n) is 6.34. The molecule has 0 aliphatic heterocycles. The van der Waals surface area contributed by atoms with E-state index < -0.39 is 0 Å². The number of carbonyl (C=O) groups excluding carboxylic acids is 1. The molecule has 4 rings (SSSR count). The molecule has 0 radical (unpaired) electrons. The Morgan fingerprint density at radius 3 is 2.41 bits per heavy atom. The standard InChI is InChI=1S/C23H19N3O3/c1-28-18-6-3-5-15(14-18)16-7-9-19-17(13-16)8-10-20(29-2)21(19)22(27)26-23-24-11-4-12-25-23/h3-14H,1-2H3,(H,24,25,26,27). The van der Waals surface area contributed by atoms with Crippen LogP contribution < -0.4 is 14.8 Å². The minimum atomic E-state index is -0.326. The molecule has 6 nitrogen and oxygen atoms in total. The maximum absolute atomic E-state index is 13.0. The van der Waals surface area contributed by atoms with Crippen molar-refractivity contribution < 1.29 is 14.3 Å². The van der Waals surface area contributed by atoms with Gasteiger partial charge in [-0.3, -0.25) is 10.1 Å². The van der Waals surface area contributed by atoms with Crippen molar-refractivity contribution in [3.63, 3.8) is 0 Å². The van der Waals surface area contributed by atoms with Gasteiger partial charge in [-0.05, 0) is 52.2 Å². The van der Waals surface area contributed by atoms with E-state index in [0.29, 0.717) is 11.3 Å². The number of hydrogen-bond acceptors (Lipinski definition) is 5. The third kappa shape index (κ3) is 3.73. The first kappa shape index (κ1) is 18.4. The van der Waals surface area contributed by atoms with Gasteiger partial charge in [0, 0.05) is 12.4 Å². The van der Waals surface area contributed by atoms with Crippen molar-refractivity contribution in [3.05, 3.63) is 78.6 Å². The average Bonchev–Trinajstić information content (AvgIpc) is 2.78. The third-order valence-corrected chi connectivity index (χ3v) is 4.62. The van der Waals surface area contributed by atoms with Crippen molar-refractivity contribution in [1.29, 1.82) is 0 Å². The number of nitrogens with one attached hydrogen (secondary N) is 1. The maximum atomic E-state index is 13.0. The van der Waals surface area contributed by atoms with Gasteiger partial charge in [0.05, 0.1) is 19.8 Å². The Kier molecular flexibility index (Phi) is 5.07. The van der Waals surface area contributed by atoms with Crippen molar-refractivity contribution in [3.8, 4) is 22.6 Å². The van der Waals surface area contributed by atoms with Crippen molar-refractivity contribution in [2.45, 2.75) is 0 Å². The SMILES string of the molecule is COc1cccc(-c2ccc3c(C(=O)Nc4ncccn4)c(OC)ccc3c2)c1. The maximum Gasteiger partial charge on any atom is 0.262 e. The van der Waals surface area contributed by atoms with Crippen molar-refractivity contribution in [2.24, 2.45) is 0 Å². The first-order valence-electron chi connectivity index (χ1n) is 9.03. The van der Waals surface area contributed by atoms with Gasteiger partial charge in [0.2, 0.25) is 5.95 Å². The fourth-order valence-electron chi connectivity index (χ4n) is 3.22. The number of carbonyl (C=O) groups is 1. The zero-order valence-corrected chi connectivity index (χ0v) is 16.0. The summed E-state index contributed by atoms with van der Waals surface area (Å²) in [5, 5.41) is 4.43. The molecule has 0 saturated heterocycles. The number of nitrogens with zero attached hydrogens (tertiary/aromatic N) is 2. The Morgan fingerprint density at radius 2 is 1.66 bits per heavy atom. The number of benzene rings is 3. The molecule has 144 valence electrons. The molecular weight excluding hydrogens is 366 g/mol. The summed E-state index contributed by atoms with van der Waals surface area (Å²) >= 11 is 0. The second kappa shape index (κ2) is 7.98. The summed E-state index contributed by atoms with van der Waals surface area (Å²) in [7, 11) is 3.19. The molecule has 0 fully saturated rings. The Balaban J connectivity index is 1.78. The van der Waals surface area contributed by atoms with Crippen LogP contribution in [-0.2, 0) is 0 Å². The molecule has 0 aliphatic carbocycles. The van der Waals surface area contributed by atoms with E-state index in [1.54, 1.807) is 38.7 Å². The fraction of sp³-hybridized carbons (Fsp3) is 0.0870. The highest BCUT2D eigenvalue weighted by Gasteiger charge is 2.18. The smallest absolute Gasteiger partial charge is 0.262 e. The van der Waals surface area contributed by atoms with Crippen molar-refractivity contribution in [2.75, 3.05) is 19.5 Å². The number of methoxy groups -OCH3 is 2. The molecule has 3 aromatic carbocycles. The normalized spacial score (nSPS) is 10.6. The van der Waals surface area contributed by atoms with E-state index in [0.717, 1.165) is 27.6 Å². The summed E-state index contributed by atoms with van der Waals surface area (Å²) in [6.45, 7) is 0. The number of rotatable bonds is 5. The van der Waals surface area contributed by atoms with Crippen LogP contribution in [-0.4, -0.2) is 30.1 Å². The summed E-state index contributed by atoms with van der Waals surface area (Å²) in [4.78, 5) is 21.1. The highest BCUT2D eigenvalue weighted by Crippen LogP contribution is 2.32. The molecule has 0 saturated carbocycles. The molecule has 4 aromatic rings. The molecule has 29 heavy (non-hydrogen) atoms. The van der Waals surface area contributed by atoms with Crippen LogP contribution in [0, 0.1) is 0 Å². The van der Waals surface area contributed by atoms with Crippen LogP contribution in [0.2, 0.25) is 0 Å². The Hall–Kier alpha value is -3.93. The summed E-state index contributed by atoms with van der Waals surface area (Å²) in [6, 6.07) is 19.2. The van der Waals surface area contributed by atoms with Gasteiger partial charge >= 0.3 is 0 Å². The van der Waals surface area contributed by atoms with Crippen LogP contribution in [0.1, 0.15) is 10.4 Å². The molecular formula is C23H19N3O3. The van der Waals surface area contributed by atoms with Gasteiger partial charge in [-0.2, -0.15) is 0 Å². The summed E-state index contributed by atoms with van der Waals surface area (Å²) in [5.41, 5.74) is 2.50. The van der Waals surface area contributed by atoms with Crippen molar-refractivity contribution >= 4 is 22.6 Å². The number of anilines is 1. The van der Waals surface area contributed by atoms with Crippen LogP contribution >= 0.6 is 0 Å². The van der Waals surface area contributed by atoms with Gasteiger partial charge in [-0.1, -0.05) is 30.3 Å². The quantitative estimate of drug-likeness (QED) is 0.545. The second-order valence-corrected chi connectivity index (χ2v) is 6.34. The van der Waals surface area contributed by atoms with E-state index in [-0.39, 0.29) is 11.9 Å². The number of fused-ring (bicyclic) bond motifs is 1. The average molecular weight is 385 g/mol. The zero-order chi connectivity index (χ0) is 20.2. The topological polar surface area (TPSA) is 73.3 Å². The molecule has 0 bridgehead atoms. The molecule has 1 heterocycles. The predicted molar refractivity (Wildman–Crippen MR) is 112 cm³/mol. The molecule has 1 N–H and O–H groups in total. The highest BCUT2D eigenvalue weighted by molar-refractivity contribution is 6.15. The van der Waals surface area contributed by atoms with Gasteiger partial charge in [0.25, 0.3) is 5.91 Å². The zero-order valence-electron chi connectivity index (χ0n) is 16.0.